The average molecular weight is 250 g/mol. The molecule has 5 nitrogen and oxygen atoms in total. The highest BCUT2D eigenvalue weighted by molar-refractivity contribution is 5.98. The Labute approximate surface area is 106 Å². The molecule has 98 valence electrons. The van der Waals surface area contributed by atoms with Crippen molar-refractivity contribution in [1.82, 2.24) is 4.90 Å². The quantitative estimate of drug-likeness (QED) is 0.625. The lowest BCUT2D eigenvalue weighted by atomic mass is 10.1. The maximum absolute atomic E-state index is 12.2. The van der Waals surface area contributed by atoms with Gasteiger partial charge in [-0.25, -0.2) is 0 Å². The van der Waals surface area contributed by atoms with E-state index in [0.29, 0.717) is 6.54 Å². The monoisotopic (exact) mass is 250 g/mol. The van der Waals surface area contributed by atoms with Crippen LogP contribution in [0, 0.1) is 0 Å². The van der Waals surface area contributed by atoms with E-state index >= 15 is 0 Å². The Hall–Kier alpha value is -1.75. The van der Waals surface area contributed by atoms with E-state index in [-0.39, 0.29) is 29.0 Å². The van der Waals surface area contributed by atoms with Crippen LogP contribution in [0.4, 0.5) is 5.69 Å². The zero-order chi connectivity index (χ0) is 13.1. The van der Waals surface area contributed by atoms with Gasteiger partial charge in [0, 0.05) is 20.2 Å². The lowest BCUT2D eigenvalue weighted by Crippen LogP contribution is -2.34. The lowest BCUT2D eigenvalue weighted by Gasteiger charge is -2.21. The summed E-state index contributed by atoms with van der Waals surface area (Å²) in [5.74, 6) is -0.392. The Kier molecular flexibility index (Phi) is 3.72. The van der Waals surface area contributed by atoms with Crippen molar-refractivity contribution < 1.29 is 14.6 Å². The lowest BCUT2D eigenvalue weighted by molar-refractivity contribution is 0.0585. The topological polar surface area (TPSA) is 75.8 Å². The van der Waals surface area contributed by atoms with E-state index in [1.54, 1.807) is 30.1 Å². The standard InChI is InChI=1S/C13H18N2O3/c1-15(8-9-4-3-7-18-9)13(17)10-5-2-6-11(14)12(10)16/h2,5-6,9,16H,3-4,7-8,14H2,1H3. The van der Waals surface area contributed by atoms with Crippen LogP contribution in [-0.4, -0.2) is 42.2 Å². The molecule has 1 aromatic rings. The number of para-hydroxylation sites is 1. The number of phenolic OH excluding ortho intramolecular Hbond substituents is 1. The minimum Gasteiger partial charge on any atom is -0.505 e. The van der Waals surface area contributed by atoms with Gasteiger partial charge in [-0.05, 0) is 25.0 Å². The smallest absolute Gasteiger partial charge is 0.257 e. The fraction of sp³-hybridized carbons (Fsp3) is 0.462. The fourth-order valence-corrected chi connectivity index (χ4v) is 2.12. The second-order valence-corrected chi connectivity index (χ2v) is 4.56. The molecule has 0 spiro atoms. The summed E-state index contributed by atoms with van der Waals surface area (Å²) in [6.45, 7) is 1.29. The van der Waals surface area contributed by atoms with Crippen LogP contribution < -0.4 is 5.73 Å². The van der Waals surface area contributed by atoms with Crippen LogP contribution in [0.15, 0.2) is 18.2 Å². The number of nitrogens with two attached hydrogens (primary N) is 1. The van der Waals surface area contributed by atoms with Crippen LogP contribution in [-0.2, 0) is 4.74 Å². The summed E-state index contributed by atoms with van der Waals surface area (Å²) < 4.78 is 5.48. The van der Waals surface area contributed by atoms with Gasteiger partial charge in [0.15, 0.2) is 5.75 Å². The largest absolute Gasteiger partial charge is 0.505 e. The number of amides is 1. The first kappa shape index (κ1) is 12.7. The molecule has 1 atom stereocenters. The SMILES string of the molecule is CN(CC1CCCO1)C(=O)c1cccc(N)c1O. The van der Waals surface area contributed by atoms with Crippen molar-refractivity contribution in [3.63, 3.8) is 0 Å². The molecule has 0 saturated carbocycles. The van der Waals surface area contributed by atoms with Crippen LogP contribution in [0.5, 0.6) is 5.75 Å². The first-order valence-electron chi connectivity index (χ1n) is 6.04. The number of anilines is 1. The number of ether oxygens (including phenoxy) is 1. The normalized spacial score (nSPS) is 18.8. The van der Waals surface area contributed by atoms with Crippen molar-refractivity contribution in [2.24, 2.45) is 0 Å². The third kappa shape index (κ3) is 2.56. The molecule has 1 aliphatic rings. The number of rotatable bonds is 3. The van der Waals surface area contributed by atoms with Crippen LogP contribution in [0.3, 0.4) is 0 Å². The third-order valence-corrected chi connectivity index (χ3v) is 3.15. The molecule has 1 aromatic carbocycles. The summed E-state index contributed by atoms with van der Waals surface area (Å²) in [6, 6.07) is 4.79. The molecule has 0 radical (unpaired) electrons. The first-order valence-corrected chi connectivity index (χ1v) is 6.04. The van der Waals surface area contributed by atoms with Crippen molar-refractivity contribution in [3.05, 3.63) is 23.8 Å². The van der Waals surface area contributed by atoms with Gasteiger partial charge in [0.1, 0.15) is 0 Å². The minimum absolute atomic E-state index is 0.0992. The molecule has 0 aliphatic carbocycles. The highest BCUT2D eigenvalue weighted by Gasteiger charge is 2.22. The summed E-state index contributed by atoms with van der Waals surface area (Å²) >= 11 is 0. The molecule has 0 aromatic heterocycles. The fourth-order valence-electron chi connectivity index (χ4n) is 2.12. The summed E-state index contributed by atoms with van der Waals surface area (Å²) in [5, 5.41) is 9.77. The summed E-state index contributed by atoms with van der Waals surface area (Å²) in [4.78, 5) is 13.7. The highest BCUT2D eigenvalue weighted by atomic mass is 16.5. The maximum Gasteiger partial charge on any atom is 0.257 e. The molecule has 1 saturated heterocycles. The zero-order valence-electron chi connectivity index (χ0n) is 10.4. The molecular formula is C13H18N2O3. The molecule has 1 amide bonds. The van der Waals surface area contributed by atoms with Gasteiger partial charge >= 0.3 is 0 Å². The second-order valence-electron chi connectivity index (χ2n) is 4.56. The summed E-state index contributed by atoms with van der Waals surface area (Å²) in [7, 11) is 1.70. The Morgan fingerprint density at radius 2 is 2.39 bits per heavy atom. The number of hydrogen-bond acceptors (Lipinski definition) is 4. The molecule has 5 heteroatoms. The van der Waals surface area contributed by atoms with Crippen molar-refractivity contribution in [1.29, 1.82) is 0 Å². The van der Waals surface area contributed by atoms with Crippen molar-refractivity contribution in [2.45, 2.75) is 18.9 Å². The van der Waals surface area contributed by atoms with Gasteiger partial charge in [0.25, 0.3) is 5.91 Å². The van der Waals surface area contributed by atoms with E-state index in [1.165, 1.54) is 0 Å². The Balaban J connectivity index is 2.07. The van der Waals surface area contributed by atoms with Gasteiger partial charge in [-0.1, -0.05) is 6.07 Å². The van der Waals surface area contributed by atoms with Crippen molar-refractivity contribution in [3.8, 4) is 5.75 Å². The number of carbonyl (C=O) groups is 1. The maximum atomic E-state index is 12.2. The number of phenols is 1. The van der Waals surface area contributed by atoms with Crippen molar-refractivity contribution >= 4 is 11.6 Å². The molecule has 2 rings (SSSR count). The van der Waals surface area contributed by atoms with Gasteiger partial charge in [-0.15, -0.1) is 0 Å². The predicted octanol–water partition coefficient (Wildman–Crippen LogP) is 1.23. The Morgan fingerprint density at radius 3 is 3.06 bits per heavy atom. The Morgan fingerprint density at radius 1 is 1.61 bits per heavy atom. The zero-order valence-corrected chi connectivity index (χ0v) is 10.4. The molecule has 1 unspecified atom stereocenters. The van der Waals surface area contributed by atoms with E-state index in [0.717, 1.165) is 19.4 Å². The number of hydrogen-bond donors (Lipinski definition) is 2. The van der Waals surface area contributed by atoms with E-state index in [9.17, 15) is 9.90 Å². The number of aromatic hydroxyl groups is 1. The summed E-state index contributed by atoms with van der Waals surface area (Å²) in [5.41, 5.74) is 6.02. The summed E-state index contributed by atoms with van der Waals surface area (Å²) in [6.07, 6.45) is 2.11. The molecule has 1 aliphatic heterocycles. The van der Waals surface area contributed by atoms with Crippen LogP contribution in [0.1, 0.15) is 23.2 Å². The molecular weight excluding hydrogens is 232 g/mol. The predicted molar refractivity (Wildman–Crippen MR) is 68.5 cm³/mol. The van der Waals surface area contributed by atoms with Crippen LogP contribution >= 0.6 is 0 Å². The Bertz CT molecular complexity index is 442. The number of benzene rings is 1. The number of likely N-dealkylation sites (N-methyl/N-ethyl adjacent to an activating group) is 1. The van der Waals surface area contributed by atoms with E-state index in [1.807, 2.05) is 0 Å². The molecule has 18 heavy (non-hydrogen) atoms. The number of carbonyl (C=O) groups excluding carboxylic acids is 1. The van der Waals surface area contributed by atoms with E-state index < -0.39 is 0 Å². The molecule has 1 fully saturated rings. The molecule has 0 bridgehead atoms. The highest BCUT2D eigenvalue weighted by Crippen LogP contribution is 2.25. The van der Waals surface area contributed by atoms with Crippen LogP contribution in [0.25, 0.3) is 0 Å². The van der Waals surface area contributed by atoms with Gasteiger partial charge in [-0.3, -0.25) is 4.79 Å². The third-order valence-electron chi connectivity index (χ3n) is 3.15. The molecule has 3 N–H and O–H groups in total. The molecule has 1 heterocycles. The van der Waals surface area contributed by atoms with E-state index in [4.69, 9.17) is 10.5 Å². The first-order chi connectivity index (χ1) is 8.59. The van der Waals surface area contributed by atoms with Gasteiger partial charge < -0.3 is 20.5 Å². The number of nitrogen functional groups attached to an aromatic ring is 1. The number of nitrogens with zero attached hydrogens (tertiary/aromatic N) is 1. The van der Waals surface area contributed by atoms with Gasteiger partial charge in [0.2, 0.25) is 0 Å². The van der Waals surface area contributed by atoms with Crippen molar-refractivity contribution in [2.75, 3.05) is 25.9 Å². The van der Waals surface area contributed by atoms with Gasteiger partial charge in [-0.2, -0.15) is 0 Å². The minimum atomic E-state index is -0.240. The van der Waals surface area contributed by atoms with E-state index in [2.05, 4.69) is 0 Å². The second kappa shape index (κ2) is 5.27. The average Bonchev–Trinajstić information content (AvgIpc) is 2.84. The van der Waals surface area contributed by atoms with Gasteiger partial charge in [0.05, 0.1) is 17.4 Å². The van der Waals surface area contributed by atoms with Crippen LogP contribution in [0.2, 0.25) is 0 Å².